The van der Waals surface area contributed by atoms with Crippen molar-refractivity contribution in [2.24, 2.45) is 23.5 Å². The van der Waals surface area contributed by atoms with Crippen LogP contribution in [0.15, 0.2) is 0 Å². The standard InChI is InChI=1S/C16H19F4NO8/c1-5(2)26-14(25)28-6(3)27-11(22)9-7-4-8(17)15(21,10(7)9)12(23)29-13(24)16(18,19)20/h5-10H,4,21H2,1-3H3/t6?,7-,8-,9-,10-,15-/m0/s1. The third-order valence-corrected chi connectivity index (χ3v) is 4.64. The van der Waals surface area contributed by atoms with Crippen molar-refractivity contribution in [1.82, 2.24) is 0 Å². The van der Waals surface area contributed by atoms with E-state index in [0.29, 0.717) is 0 Å². The van der Waals surface area contributed by atoms with Crippen molar-refractivity contribution in [3.05, 3.63) is 0 Å². The number of hydrogen-bond donors (Lipinski definition) is 1. The summed E-state index contributed by atoms with van der Waals surface area (Å²) < 4.78 is 68.9. The van der Waals surface area contributed by atoms with Gasteiger partial charge >= 0.3 is 30.2 Å². The van der Waals surface area contributed by atoms with Crippen LogP contribution in [-0.4, -0.2) is 54.3 Å². The highest BCUT2D eigenvalue weighted by Crippen LogP contribution is 2.63. The second-order valence-electron chi connectivity index (χ2n) is 7.07. The predicted octanol–water partition coefficient (Wildman–Crippen LogP) is 1.37. The van der Waals surface area contributed by atoms with Crippen LogP contribution in [0.2, 0.25) is 0 Å². The molecule has 0 aromatic heterocycles. The van der Waals surface area contributed by atoms with Gasteiger partial charge in [-0.1, -0.05) is 0 Å². The van der Waals surface area contributed by atoms with E-state index in [0.717, 1.165) is 0 Å². The van der Waals surface area contributed by atoms with E-state index in [2.05, 4.69) is 14.2 Å². The fourth-order valence-corrected chi connectivity index (χ4v) is 3.40. The highest BCUT2D eigenvalue weighted by atomic mass is 19.4. The van der Waals surface area contributed by atoms with Gasteiger partial charge in [-0.2, -0.15) is 13.2 Å². The summed E-state index contributed by atoms with van der Waals surface area (Å²) in [6.45, 7) is 4.31. The zero-order chi connectivity index (χ0) is 22.3. The van der Waals surface area contributed by atoms with Crippen LogP contribution >= 0.6 is 0 Å². The molecule has 6 atom stereocenters. The minimum absolute atomic E-state index is 0.416. The van der Waals surface area contributed by atoms with E-state index in [1.807, 2.05) is 0 Å². The van der Waals surface area contributed by atoms with Gasteiger partial charge in [0.1, 0.15) is 6.17 Å². The highest BCUT2D eigenvalue weighted by molar-refractivity contribution is 5.95. The second-order valence-corrected chi connectivity index (χ2v) is 7.07. The van der Waals surface area contributed by atoms with Gasteiger partial charge in [-0.25, -0.2) is 18.8 Å². The number of ether oxygens (including phenoxy) is 4. The number of hydrogen-bond acceptors (Lipinski definition) is 9. The average molecular weight is 429 g/mol. The number of carbonyl (C=O) groups is 4. The number of rotatable bonds is 5. The summed E-state index contributed by atoms with van der Waals surface area (Å²) in [6.07, 6.45) is -11.0. The average Bonchev–Trinajstić information content (AvgIpc) is 3.19. The number of halogens is 4. The largest absolute Gasteiger partial charge is 0.511 e. The lowest BCUT2D eigenvalue weighted by Crippen LogP contribution is -2.58. The number of alkyl halides is 4. The lowest BCUT2D eigenvalue weighted by molar-refractivity contribution is -0.204. The molecule has 2 N–H and O–H groups in total. The third-order valence-electron chi connectivity index (χ3n) is 4.64. The SMILES string of the molecule is CC(C)OC(=O)OC(C)OC(=O)[C@H]1[C@@H]2C[C@H](F)[C@@](N)(C(=O)OC(=O)C(F)(F)F)[C@@H]21. The summed E-state index contributed by atoms with van der Waals surface area (Å²) in [5.74, 6) is -8.91. The predicted molar refractivity (Wildman–Crippen MR) is 82.3 cm³/mol. The van der Waals surface area contributed by atoms with Crippen LogP contribution in [0.1, 0.15) is 27.2 Å². The molecule has 0 spiro atoms. The molecule has 2 saturated carbocycles. The molecule has 0 aliphatic heterocycles. The summed E-state index contributed by atoms with van der Waals surface area (Å²) in [5.41, 5.74) is 3.02. The molecular formula is C16H19F4NO8. The molecule has 0 aromatic carbocycles. The summed E-state index contributed by atoms with van der Waals surface area (Å²) in [6, 6.07) is 0. The third kappa shape index (κ3) is 4.60. The molecule has 0 amide bonds. The van der Waals surface area contributed by atoms with Crippen LogP contribution in [0.5, 0.6) is 0 Å². The fourth-order valence-electron chi connectivity index (χ4n) is 3.40. The first kappa shape index (κ1) is 22.8. The van der Waals surface area contributed by atoms with E-state index in [1.165, 1.54) is 6.92 Å². The Bertz CT molecular complexity index is 712. The van der Waals surface area contributed by atoms with Crippen molar-refractivity contribution in [2.75, 3.05) is 0 Å². The number of nitrogens with two attached hydrogens (primary N) is 1. The van der Waals surface area contributed by atoms with Gasteiger partial charge in [0, 0.05) is 12.8 Å². The molecule has 164 valence electrons. The molecular weight excluding hydrogens is 410 g/mol. The Morgan fingerprint density at radius 2 is 1.66 bits per heavy atom. The molecule has 0 saturated heterocycles. The Labute approximate surface area is 161 Å². The summed E-state index contributed by atoms with van der Waals surface area (Å²) in [4.78, 5) is 46.4. The Morgan fingerprint density at radius 1 is 1.07 bits per heavy atom. The van der Waals surface area contributed by atoms with Gasteiger partial charge in [-0.3, -0.25) is 4.79 Å². The van der Waals surface area contributed by atoms with Crippen molar-refractivity contribution in [3.8, 4) is 0 Å². The molecule has 2 aliphatic rings. The number of carbonyl (C=O) groups excluding carboxylic acids is 4. The van der Waals surface area contributed by atoms with Gasteiger partial charge in [0.05, 0.1) is 12.0 Å². The molecule has 0 bridgehead atoms. The van der Waals surface area contributed by atoms with Gasteiger partial charge in [-0.05, 0) is 26.2 Å². The van der Waals surface area contributed by atoms with Crippen LogP contribution in [0, 0.1) is 17.8 Å². The molecule has 13 heteroatoms. The minimum atomic E-state index is -5.48. The molecule has 29 heavy (non-hydrogen) atoms. The molecule has 9 nitrogen and oxygen atoms in total. The monoisotopic (exact) mass is 429 g/mol. The van der Waals surface area contributed by atoms with Crippen LogP contribution < -0.4 is 5.73 Å². The summed E-state index contributed by atoms with van der Waals surface area (Å²) in [7, 11) is 0. The molecule has 2 aliphatic carbocycles. The van der Waals surface area contributed by atoms with E-state index in [9.17, 15) is 36.7 Å². The Kier molecular flexibility index (Phi) is 6.12. The van der Waals surface area contributed by atoms with E-state index in [4.69, 9.17) is 10.5 Å². The van der Waals surface area contributed by atoms with Crippen molar-refractivity contribution >= 4 is 24.1 Å². The van der Waals surface area contributed by atoms with E-state index < -0.39 is 78.5 Å². The fraction of sp³-hybridized carbons (Fsp3) is 0.750. The van der Waals surface area contributed by atoms with E-state index in [-0.39, 0.29) is 0 Å². The first-order valence-corrected chi connectivity index (χ1v) is 8.53. The molecule has 2 fully saturated rings. The van der Waals surface area contributed by atoms with Crippen molar-refractivity contribution in [3.63, 3.8) is 0 Å². The maximum atomic E-state index is 14.2. The van der Waals surface area contributed by atoms with Crippen molar-refractivity contribution in [2.45, 2.75) is 57.5 Å². The second kappa shape index (κ2) is 7.76. The Morgan fingerprint density at radius 3 is 2.17 bits per heavy atom. The van der Waals surface area contributed by atoms with Crippen LogP contribution in [0.4, 0.5) is 22.4 Å². The van der Waals surface area contributed by atoms with Gasteiger partial charge in [-0.15, -0.1) is 0 Å². The lowest BCUT2D eigenvalue weighted by Gasteiger charge is -2.27. The van der Waals surface area contributed by atoms with Crippen LogP contribution in [0.25, 0.3) is 0 Å². The Balaban J connectivity index is 1.99. The van der Waals surface area contributed by atoms with E-state index in [1.54, 1.807) is 13.8 Å². The normalized spacial score (nSPS) is 31.5. The first-order chi connectivity index (χ1) is 13.2. The lowest BCUT2D eigenvalue weighted by atomic mass is 9.90. The van der Waals surface area contributed by atoms with Crippen molar-refractivity contribution in [1.29, 1.82) is 0 Å². The van der Waals surface area contributed by atoms with Gasteiger partial charge in [0.2, 0.25) is 6.29 Å². The smallest absolute Gasteiger partial charge is 0.431 e. The summed E-state index contributed by atoms with van der Waals surface area (Å²) >= 11 is 0. The van der Waals surface area contributed by atoms with Gasteiger partial charge < -0.3 is 24.7 Å². The first-order valence-electron chi connectivity index (χ1n) is 8.53. The molecule has 0 aromatic rings. The zero-order valence-electron chi connectivity index (χ0n) is 15.5. The van der Waals surface area contributed by atoms with Crippen LogP contribution in [0.3, 0.4) is 0 Å². The molecule has 2 rings (SSSR count). The van der Waals surface area contributed by atoms with Crippen LogP contribution in [-0.2, 0) is 33.3 Å². The zero-order valence-corrected chi connectivity index (χ0v) is 15.5. The number of fused-ring (bicyclic) bond motifs is 1. The molecule has 0 radical (unpaired) electrons. The minimum Gasteiger partial charge on any atom is -0.431 e. The topological polar surface area (TPSA) is 131 Å². The molecule has 0 heterocycles. The number of esters is 3. The van der Waals surface area contributed by atoms with Gasteiger partial charge in [0.15, 0.2) is 5.54 Å². The quantitative estimate of drug-likeness (QED) is 0.226. The highest BCUT2D eigenvalue weighted by Gasteiger charge is 2.75. The van der Waals surface area contributed by atoms with E-state index >= 15 is 0 Å². The molecule has 1 unspecified atom stereocenters. The Hall–Kier alpha value is -2.44. The summed E-state index contributed by atoms with van der Waals surface area (Å²) in [5, 5.41) is 0. The maximum absolute atomic E-state index is 14.2. The maximum Gasteiger partial charge on any atom is 0.511 e. The van der Waals surface area contributed by atoms with Crippen molar-refractivity contribution < 1.29 is 55.7 Å². The van der Waals surface area contributed by atoms with Gasteiger partial charge in [0.25, 0.3) is 0 Å².